The van der Waals surface area contributed by atoms with Crippen molar-refractivity contribution in [3.05, 3.63) is 38.5 Å². The number of thiophene rings is 1. The Morgan fingerprint density at radius 3 is 3.14 bits per heavy atom. The average Bonchev–Trinajstić information content (AvgIpc) is 3.11. The Bertz CT molecular complexity index is 638. The van der Waals surface area contributed by atoms with Crippen LogP contribution in [-0.4, -0.2) is 33.4 Å². The second kappa shape index (κ2) is 6.29. The number of aromatic nitrogens is 2. The maximum Gasteiger partial charge on any atom is 0.240 e. The van der Waals surface area contributed by atoms with Gasteiger partial charge in [-0.15, -0.1) is 11.3 Å². The van der Waals surface area contributed by atoms with Crippen molar-refractivity contribution in [3.63, 3.8) is 0 Å². The Morgan fingerprint density at radius 1 is 1.57 bits per heavy atom. The second-order valence-corrected chi connectivity index (χ2v) is 7.57. The highest BCUT2D eigenvalue weighted by Crippen LogP contribution is 2.24. The van der Waals surface area contributed by atoms with Gasteiger partial charge in [0.1, 0.15) is 0 Å². The summed E-state index contributed by atoms with van der Waals surface area (Å²) in [5.41, 5.74) is 2.09. The molecule has 1 aliphatic rings. The number of amides is 1. The molecule has 21 heavy (non-hydrogen) atoms. The summed E-state index contributed by atoms with van der Waals surface area (Å²) in [4.78, 5) is 23.2. The van der Waals surface area contributed by atoms with Gasteiger partial charge in [0.2, 0.25) is 5.91 Å². The molecule has 3 rings (SSSR count). The van der Waals surface area contributed by atoms with E-state index in [1.165, 1.54) is 4.88 Å². The minimum atomic E-state index is -0.177. The van der Waals surface area contributed by atoms with E-state index in [1.807, 2.05) is 17.9 Å². The van der Waals surface area contributed by atoms with Crippen LogP contribution in [0.3, 0.4) is 0 Å². The van der Waals surface area contributed by atoms with Gasteiger partial charge in [-0.3, -0.25) is 10.1 Å². The highest BCUT2D eigenvalue weighted by molar-refractivity contribution is 9.11. The van der Waals surface area contributed by atoms with Gasteiger partial charge in [0.05, 0.1) is 34.1 Å². The Balaban J connectivity index is 1.68. The summed E-state index contributed by atoms with van der Waals surface area (Å²) in [6, 6.07) is 3.90. The predicted molar refractivity (Wildman–Crippen MR) is 86.0 cm³/mol. The lowest BCUT2D eigenvalue weighted by Crippen LogP contribution is -2.49. The van der Waals surface area contributed by atoms with E-state index in [0.29, 0.717) is 26.1 Å². The maximum absolute atomic E-state index is 12.7. The molecule has 2 aromatic rings. The number of carbonyl (C=O) groups excluding carboxylic acids is 1. The van der Waals surface area contributed by atoms with E-state index < -0.39 is 0 Å². The van der Waals surface area contributed by atoms with Crippen molar-refractivity contribution in [2.24, 2.45) is 0 Å². The highest BCUT2D eigenvalue weighted by atomic mass is 79.9. The van der Waals surface area contributed by atoms with Crippen LogP contribution >= 0.6 is 27.3 Å². The fraction of sp³-hybridized carbons (Fsp3) is 0.429. The number of hydrogen-bond acceptors (Lipinski definition) is 4. The van der Waals surface area contributed by atoms with Crippen LogP contribution in [-0.2, 0) is 24.3 Å². The summed E-state index contributed by atoms with van der Waals surface area (Å²) in [6.45, 7) is 4.06. The van der Waals surface area contributed by atoms with Crippen molar-refractivity contribution in [2.75, 3.05) is 6.54 Å². The Hall–Kier alpha value is -1.18. The van der Waals surface area contributed by atoms with E-state index in [0.717, 1.165) is 15.2 Å². The molecular formula is C14H17BrN4OS. The lowest BCUT2D eigenvalue weighted by Gasteiger charge is -2.28. The predicted octanol–water partition coefficient (Wildman–Crippen LogP) is 2.30. The number of hydrogen-bond donors (Lipinski definition) is 2. The number of rotatable bonds is 4. The van der Waals surface area contributed by atoms with E-state index in [-0.39, 0.29) is 11.9 Å². The Morgan fingerprint density at radius 2 is 2.43 bits per heavy atom. The lowest BCUT2D eigenvalue weighted by atomic mass is 10.0. The molecule has 0 fully saturated rings. The number of nitrogens with zero attached hydrogens (tertiary/aromatic N) is 2. The first-order valence-corrected chi connectivity index (χ1v) is 8.55. The van der Waals surface area contributed by atoms with Gasteiger partial charge in [0.15, 0.2) is 0 Å². The molecule has 112 valence electrons. The van der Waals surface area contributed by atoms with Crippen molar-refractivity contribution in [3.8, 4) is 0 Å². The number of carbonyl (C=O) groups is 1. The molecule has 0 bridgehead atoms. The van der Waals surface area contributed by atoms with Crippen LogP contribution in [0.25, 0.3) is 0 Å². The number of halogens is 1. The van der Waals surface area contributed by atoms with Crippen molar-refractivity contribution >= 4 is 33.2 Å². The van der Waals surface area contributed by atoms with Crippen LogP contribution in [0.5, 0.6) is 0 Å². The molecule has 1 atom stereocenters. The summed E-state index contributed by atoms with van der Waals surface area (Å²) >= 11 is 5.13. The molecule has 5 nitrogen and oxygen atoms in total. The molecule has 1 aliphatic heterocycles. The van der Waals surface area contributed by atoms with Crippen LogP contribution in [0, 0.1) is 0 Å². The van der Waals surface area contributed by atoms with Gasteiger partial charge in [-0.1, -0.05) is 0 Å². The maximum atomic E-state index is 12.7. The minimum Gasteiger partial charge on any atom is -0.347 e. The van der Waals surface area contributed by atoms with Gasteiger partial charge in [-0.25, -0.2) is 4.98 Å². The fourth-order valence-corrected chi connectivity index (χ4v) is 4.03. The first-order valence-electron chi connectivity index (χ1n) is 6.95. The first kappa shape index (κ1) is 14.7. The van der Waals surface area contributed by atoms with Crippen LogP contribution in [0.1, 0.15) is 23.2 Å². The Kier molecular flexibility index (Phi) is 4.42. The SMILES string of the molecule is CCN(Cc1ccc(Br)s1)C(=O)C1Cc2nc[nH]c2CN1. The number of fused-ring (bicyclic) bond motifs is 1. The molecule has 0 aliphatic carbocycles. The normalized spacial score (nSPS) is 17.5. The van der Waals surface area contributed by atoms with Crippen LogP contribution in [0.4, 0.5) is 0 Å². The fourth-order valence-electron chi connectivity index (χ4n) is 2.53. The van der Waals surface area contributed by atoms with Gasteiger partial charge in [-0.05, 0) is 35.0 Å². The van der Waals surface area contributed by atoms with Crippen molar-refractivity contribution in [2.45, 2.75) is 32.5 Å². The van der Waals surface area contributed by atoms with Crippen molar-refractivity contribution in [1.29, 1.82) is 0 Å². The molecule has 0 spiro atoms. The summed E-state index contributed by atoms with van der Waals surface area (Å²) in [5.74, 6) is 0.149. The van der Waals surface area contributed by atoms with Crippen molar-refractivity contribution < 1.29 is 4.79 Å². The number of nitrogens with one attached hydrogen (secondary N) is 2. The van der Waals surface area contributed by atoms with Gasteiger partial charge in [-0.2, -0.15) is 0 Å². The largest absolute Gasteiger partial charge is 0.347 e. The van der Waals surface area contributed by atoms with Gasteiger partial charge >= 0.3 is 0 Å². The number of imidazole rings is 1. The third-order valence-corrected chi connectivity index (χ3v) is 5.31. The molecule has 2 aromatic heterocycles. The lowest BCUT2D eigenvalue weighted by molar-refractivity contribution is -0.134. The summed E-state index contributed by atoms with van der Waals surface area (Å²) in [7, 11) is 0. The number of H-pyrrole nitrogens is 1. The average molecular weight is 369 g/mol. The molecule has 0 saturated heterocycles. The van der Waals surface area contributed by atoms with E-state index >= 15 is 0 Å². The molecule has 1 unspecified atom stereocenters. The highest BCUT2D eigenvalue weighted by Gasteiger charge is 2.28. The van der Waals surface area contributed by atoms with Gasteiger partial charge in [0.25, 0.3) is 0 Å². The zero-order valence-corrected chi connectivity index (χ0v) is 14.1. The summed E-state index contributed by atoms with van der Waals surface area (Å²) < 4.78 is 1.10. The Labute approximate surface area is 135 Å². The van der Waals surface area contributed by atoms with Crippen molar-refractivity contribution in [1.82, 2.24) is 20.2 Å². The molecule has 7 heteroatoms. The number of likely N-dealkylation sites (N-methyl/N-ethyl adjacent to an activating group) is 1. The topological polar surface area (TPSA) is 61.0 Å². The van der Waals surface area contributed by atoms with Crippen LogP contribution < -0.4 is 5.32 Å². The zero-order valence-electron chi connectivity index (χ0n) is 11.7. The quantitative estimate of drug-likeness (QED) is 0.870. The van der Waals surface area contributed by atoms with Crippen LogP contribution in [0.2, 0.25) is 0 Å². The van der Waals surface area contributed by atoms with E-state index in [2.05, 4.69) is 37.3 Å². The van der Waals surface area contributed by atoms with Crippen LogP contribution in [0.15, 0.2) is 22.2 Å². The first-order chi connectivity index (χ1) is 10.2. The molecule has 0 saturated carbocycles. The minimum absolute atomic E-state index is 0.149. The van der Waals surface area contributed by atoms with Gasteiger partial charge < -0.3 is 9.88 Å². The second-order valence-electron chi connectivity index (χ2n) is 5.02. The summed E-state index contributed by atoms with van der Waals surface area (Å²) in [6.07, 6.45) is 2.35. The van der Waals surface area contributed by atoms with Gasteiger partial charge in [0, 0.05) is 24.4 Å². The molecule has 2 N–H and O–H groups in total. The van der Waals surface area contributed by atoms with E-state index in [4.69, 9.17) is 0 Å². The number of aromatic amines is 1. The third kappa shape index (κ3) is 3.20. The monoisotopic (exact) mass is 368 g/mol. The van der Waals surface area contributed by atoms with E-state index in [1.54, 1.807) is 17.7 Å². The molecule has 0 aromatic carbocycles. The standard InChI is InChI=1S/C14H17BrN4OS/c1-2-19(7-9-3-4-13(15)21-9)14(20)11-5-10-12(6-16-11)18-8-17-10/h3-4,8,11,16H,2,5-7H2,1H3,(H,17,18). The van der Waals surface area contributed by atoms with E-state index in [9.17, 15) is 4.79 Å². The summed E-state index contributed by atoms with van der Waals surface area (Å²) in [5, 5.41) is 3.30. The smallest absolute Gasteiger partial charge is 0.240 e. The molecule has 3 heterocycles. The third-order valence-electron chi connectivity index (χ3n) is 3.70. The molecule has 1 amide bonds. The molecular weight excluding hydrogens is 352 g/mol. The zero-order chi connectivity index (χ0) is 14.8. The molecule has 0 radical (unpaired) electrons.